The average Bonchev–Trinajstić information content (AvgIpc) is 2.89. The maximum absolute atomic E-state index is 5.28. The number of nitrogens with two attached hydrogens (primary N) is 1. The molecule has 1 aliphatic carbocycles. The Morgan fingerprint density at radius 3 is 2.18 bits per heavy atom. The summed E-state index contributed by atoms with van der Waals surface area (Å²) >= 11 is 0. The molecule has 1 saturated carbocycles. The third-order valence-corrected chi connectivity index (χ3v) is 3.50. The summed E-state index contributed by atoms with van der Waals surface area (Å²) in [5, 5.41) is 2.45. The van der Waals surface area contributed by atoms with Gasteiger partial charge in [0, 0.05) is 11.6 Å². The smallest absolute Gasteiger partial charge is 0.123 e. The van der Waals surface area contributed by atoms with Crippen LogP contribution in [-0.4, -0.2) is 20.3 Å². The van der Waals surface area contributed by atoms with Crippen LogP contribution in [0, 0.1) is 0 Å². The first-order chi connectivity index (χ1) is 8.31. The van der Waals surface area contributed by atoms with E-state index in [1.807, 2.05) is 6.07 Å². The van der Waals surface area contributed by atoms with Crippen molar-refractivity contribution >= 4 is 0 Å². The first-order valence-corrected chi connectivity index (χ1v) is 6.37. The van der Waals surface area contributed by atoms with E-state index in [9.17, 15) is 0 Å². The molecule has 1 aromatic carbocycles. The SMILES string of the molecule is COc1cc(C[NH2+]C2CCCC2)cc(OC)c1. The third-order valence-electron chi connectivity index (χ3n) is 3.50. The van der Waals surface area contributed by atoms with Crippen LogP contribution in [0.3, 0.4) is 0 Å². The van der Waals surface area contributed by atoms with E-state index in [4.69, 9.17) is 9.47 Å². The Balaban J connectivity index is 1.98. The van der Waals surface area contributed by atoms with Gasteiger partial charge in [0.2, 0.25) is 0 Å². The van der Waals surface area contributed by atoms with Crippen molar-refractivity contribution in [3.05, 3.63) is 23.8 Å². The van der Waals surface area contributed by atoms with Crippen molar-refractivity contribution in [1.82, 2.24) is 0 Å². The molecule has 17 heavy (non-hydrogen) atoms. The Morgan fingerprint density at radius 2 is 1.65 bits per heavy atom. The maximum Gasteiger partial charge on any atom is 0.123 e. The molecular weight excluding hydrogens is 214 g/mol. The van der Waals surface area contributed by atoms with Crippen LogP contribution in [0.1, 0.15) is 31.2 Å². The summed E-state index contributed by atoms with van der Waals surface area (Å²) in [5.74, 6) is 1.75. The zero-order chi connectivity index (χ0) is 12.1. The van der Waals surface area contributed by atoms with Crippen LogP contribution < -0.4 is 14.8 Å². The molecule has 0 atom stereocenters. The van der Waals surface area contributed by atoms with Gasteiger partial charge >= 0.3 is 0 Å². The molecule has 0 unspecified atom stereocenters. The lowest BCUT2D eigenvalue weighted by Crippen LogP contribution is -2.87. The lowest BCUT2D eigenvalue weighted by Gasteiger charge is -2.11. The van der Waals surface area contributed by atoms with Gasteiger partial charge in [0.25, 0.3) is 0 Å². The topological polar surface area (TPSA) is 35.1 Å². The highest BCUT2D eigenvalue weighted by Crippen LogP contribution is 2.22. The fourth-order valence-corrected chi connectivity index (χ4v) is 2.48. The number of methoxy groups -OCH3 is 2. The largest absolute Gasteiger partial charge is 0.497 e. The third kappa shape index (κ3) is 3.37. The van der Waals surface area contributed by atoms with Crippen molar-refractivity contribution in [2.45, 2.75) is 38.3 Å². The monoisotopic (exact) mass is 236 g/mol. The number of hydrogen-bond acceptors (Lipinski definition) is 2. The highest BCUT2D eigenvalue weighted by atomic mass is 16.5. The molecule has 0 aromatic heterocycles. The highest BCUT2D eigenvalue weighted by Gasteiger charge is 2.17. The zero-order valence-corrected chi connectivity index (χ0v) is 10.7. The highest BCUT2D eigenvalue weighted by molar-refractivity contribution is 5.37. The van der Waals surface area contributed by atoms with Gasteiger partial charge in [-0.1, -0.05) is 0 Å². The number of quaternary nitrogens is 1. The minimum atomic E-state index is 0.812. The molecule has 0 heterocycles. The summed E-state index contributed by atoms with van der Waals surface area (Å²) in [5.41, 5.74) is 1.27. The van der Waals surface area contributed by atoms with Gasteiger partial charge < -0.3 is 14.8 Å². The number of benzene rings is 1. The summed E-state index contributed by atoms with van der Waals surface area (Å²) < 4.78 is 10.6. The molecule has 2 N–H and O–H groups in total. The molecule has 0 radical (unpaired) electrons. The molecule has 1 aliphatic rings. The van der Waals surface area contributed by atoms with Gasteiger partial charge in [0.1, 0.15) is 18.0 Å². The maximum atomic E-state index is 5.28. The van der Waals surface area contributed by atoms with Crippen LogP contribution in [0.2, 0.25) is 0 Å². The zero-order valence-electron chi connectivity index (χ0n) is 10.7. The second-order valence-corrected chi connectivity index (χ2v) is 4.71. The Labute approximate surface area is 103 Å². The van der Waals surface area contributed by atoms with E-state index in [-0.39, 0.29) is 0 Å². The molecule has 0 spiro atoms. The predicted octanol–water partition coefficient (Wildman–Crippen LogP) is 1.71. The van der Waals surface area contributed by atoms with E-state index in [2.05, 4.69) is 17.4 Å². The van der Waals surface area contributed by atoms with Crippen molar-refractivity contribution in [2.24, 2.45) is 0 Å². The van der Waals surface area contributed by atoms with Crippen LogP contribution in [0.25, 0.3) is 0 Å². The fourth-order valence-electron chi connectivity index (χ4n) is 2.48. The van der Waals surface area contributed by atoms with Crippen molar-refractivity contribution < 1.29 is 14.8 Å². The van der Waals surface area contributed by atoms with Crippen molar-refractivity contribution in [1.29, 1.82) is 0 Å². The minimum Gasteiger partial charge on any atom is -0.497 e. The molecule has 3 heteroatoms. The van der Waals surface area contributed by atoms with Crippen molar-refractivity contribution in [3.63, 3.8) is 0 Å². The van der Waals surface area contributed by atoms with Crippen LogP contribution >= 0.6 is 0 Å². The Bertz CT molecular complexity index is 337. The molecule has 0 aliphatic heterocycles. The Morgan fingerprint density at radius 1 is 1.06 bits per heavy atom. The van der Waals surface area contributed by atoms with Gasteiger partial charge in [-0.2, -0.15) is 0 Å². The number of rotatable bonds is 5. The number of hydrogen-bond donors (Lipinski definition) is 1. The van der Waals surface area contributed by atoms with Gasteiger partial charge in [-0.25, -0.2) is 0 Å². The first-order valence-electron chi connectivity index (χ1n) is 6.37. The van der Waals surface area contributed by atoms with Crippen molar-refractivity contribution in [2.75, 3.05) is 14.2 Å². The number of ether oxygens (including phenoxy) is 2. The average molecular weight is 236 g/mol. The summed E-state index contributed by atoms with van der Waals surface area (Å²) in [7, 11) is 3.39. The van der Waals surface area contributed by atoms with Gasteiger partial charge in [0.05, 0.1) is 20.3 Å². The molecule has 1 aromatic rings. The predicted molar refractivity (Wildman–Crippen MR) is 67.4 cm³/mol. The minimum absolute atomic E-state index is 0.812. The summed E-state index contributed by atoms with van der Waals surface area (Å²) in [6.07, 6.45) is 5.51. The quantitative estimate of drug-likeness (QED) is 0.844. The van der Waals surface area contributed by atoms with Gasteiger partial charge in [0.15, 0.2) is 0 Å². The fraction of sp³-hybridized carbons (Fsp3) is 0.571. The lowest BCUT2D eigenvalue weighted by atomic mass is 10.1. The summed E-state index contributed by atoms with van der Waals surface area (Å²) in [6.45, 7) is 1.01. The van der Waals surface area contributed by atoms with E-state index in [1.165, 1.54) is 31.2 Å². The first kappa shape index (κ1) is 12.2. The van der Waals surface area contributed by atoms with Crippen LogP contribution in [0.5, 0.6) is 11.5 Å². The van der Waals surface area contributed by atoms with Crippen LogP contribution in [-0.2, 0) is 6.54 Å². The second-order valence-electron chi connectivity index (χ2n) is 4.71. The van der Waals surface area contributed by atoms with E-state index in [0.717, 1.165) is 24.1 Å². The normalized spacial score (nSPS) is 16.1. The standard InChI is InChI=1S/C14H21NO2/c1-16-13-7-11(8-14(9-13)17-2)10-15-12-5-3-4-6-12/h7-9,12,15H,3-6,10H2,1-2H3/p+1. The molecular formula is C14H22NO2+. The second kappa shape index (κ2) is 5.92. The summed E-state index contributed by atoms with van der Waals surface area (Å²) in [4.78, 5) is 0. The van der Waals surface area contributed by atoms with Gasteiger partial charge in [-0.3, -0.25) is 0 Å². The van der Waals surface area contributed by atoms with E-state index < -0.39 is 0 Å². The molecule has 0 bridgehead atoms. The van der Waals surface area contributed by atoms with E-state index in [0.29, 0.717) is 0 Å². The summed E-state index contributed by atoms with van der Waals surface area (Å²) in [6, 6.07) is 6.91. The lowest BCUT2D eigenvalue weighted by molar-refractivity contribution is -0.703. The Hall–Kier alpha value is -1.22. The molecule has 3 nitrogen and oxygen atoms in total. The van der Waals surface area contributed by atoms with E-state index >= 15 is 0 Å². The van der Waals surface area contributed by atoms with Crippen LogP contribution in [0.15, 0.2) is 18.2 Å². The molecule has 1 fully saturated rings. The van der Waals surface area contributed by atoms with Gasteiger partial charge in [-0.15, -0.1) is 0 Å². The molecule has 2 rings (SSSR count). The van der Waals surface area contributed by atoms with Crippen molar-refractivity contribution in [3.8, 4) is 11.5 Å². The molecule has 94 valence electrons. The Kier molecular flexibility index (Phi) is 4.26. The van der Waals surface area contributed by atoms with Crippen LogP contribution in [0.4, 0.5) is 0 Å². The molecule has 0 saturated heterocycles. The molecule has 0 amide bonds. The van der Waals surface area contributed by atoms with E-state index in [1.54, 1.807) is 14.2 Å². The van der Waals surface area contributed by atoms with Gasteiger partial charge in [-0.05, 0) is 37.8 Å².